The molecule has 2 saturated heterocycles. The first-order chi connectivity index (χ1) is 10.9. The Labute approximate surface area is 141 Å². The Morgan fingerprint density at radius 2 is 1.70 bits per heavy atom. The van der Waals surface area contributed by atoms with Gasteiger partial charge < -0.3 is 4.90 Å². The van der Waals surface area contributed by atoms with Crippen LogP contribution in [0.3, 0.4) is 0 Å². The van der Waals surface area contributed by atoms with Gasteiger partial charge in [0.15, 0.2) is 0 Å². The van der Waals surface area contributed by atoms with E-state index in [1.54, 1.807) is 0 Å². The summed E-state index contributed by atoms with van der Waals surface area (Å²) in [4.78, 5) is 5.35. The molecule has 0 aliphatic carbocycles. The molecule has 0 radical (unpaired) electrons. The molecule has 4 heteroatoms. The first-order valence-corrected chi connectivity index (χ1v) is 9.41. The van der Waals surface area contributed by atoms with Crippen molar-refractivity contribution >= 4 is 0 Å². The van der Waals surface area contributed by atoms with E-state index < -0.39 is 0 Å². The van der Waals surface area contributed by atoms with Gasteiger partial charge in [0.05, 0.1) is 11.7 Å². The summed E-state index contributed by atoms with van der Waals surface area (Å²) in [6.45, 7) is 15.4. The number of hydrogen-bond acceptors (Lipinski definition) is 3. The number of piperidine rings is 2. The highest BCUT2D eigenvalue weighted by Gasteiger charge is 2.29. The maximum atomic E-state index is 4.60. The number of aryl methyl sites for hydroxylation is 1. The smallest absolute Gasteiger partial charge is 0.0593 e. The molecule has 0 N–H and O–H groups in total. The van der Waals surface area contributed by atoms with Crippen LogP contribution in [0.4, 0.5) is 0 Å². The molecule has 2 aliphatic rings. The van der Waals surface area contributed by atoms with E-state index in [1.807, 2.05) is 0 Å². The van der Waals surface area contributed by atoms with Gasteiger partial charge in [-0.3, -0.25) is 9.58 Å². The molecule has 4 nitrogen and oxygen atoms in total. The SMILES string of the molecule is Cc1ccn(C2CCN(CC3CCN(C(C)(C)C)CC3)CC2)n1. The van der Waals surface area contributed by atoms with E-state index in [9.17, 15) is 0 Å². The zero-order valence-corrected chi connectivity index (χ0v) is 15.5. The molecule has 1 aromatic heterocycles. The number of likely N-dealkylation sites (tertiary alicyclic amines) is 2. The summed E-state index contributed by atoms with van der Waals surface area (Å²) in [5.41, 5.74) is 1.48. The van der Waals surface area contributed by atoms with E-state index in [2.05, 4.69) is 59.5 Å². The summed E-state index contributed by atoms with van der Waals surface area (Å²) in [6.07, 6.45) is 7.40. The van der Waals surface area contributed by atoms with Gasteiger partial charge >= 0.3 is 0 Å². The lowest BCUT2D eigenvalue weighted by molar-refractivity contribution is 0.0676. The fraction of sp³-hybridized carbons (Fsp3) is 0.842. The Balaban J connectivity index is 1.41. The molecule has 0 bridgehead atoms. The van der Waals surface area contributed by atoms with Crippen molar-refractivity contribution in [1.29, 1.82) is 0 Å². The first kappa shape index (κ1) is 17.0. The Morgan fingerprint density at radius 1 is 1.04 bits per heavy atom. The molecular weight excluding hydrogens is 284 g/mol. The maximum Gasteiger partial charge on any atom is 0.0593 e. The van der Waals surface area contributed by atoms with Crippen molar-refractivity contribution in [2.45, 2.75) is 65.0 Å². The number of aromatic nitrogens is 2. The van der Waals surface area contributed by atoms with Gasteiger partial charge in [0.2, 0.25) is 0 Å². The van der Waals surface area contributed by atoms with Crippen LogP contribution >= 0.6 is 0 Å². The van der Waals surface area contributed by atoms with Crippen LogP contribution in [-0.4, -0.2) is 57.8 Å². The summed E-state index contributed by atoms with van der Waals surface area (Å²) in [5, 5.41) is 4.60. The monoisotopic (exact) mass is 318 g/mol. The van der Waals surface area contributed by atoms with Gasteiger partial charge in [-0.2, -0.15) is 5.10 Å². The van der Waals surface area contributed by atoms with Gasteiger partial charge in [0.1, 0.15) is 0 Å². The molecular formula is C19H34N4. The molecule has 0 amide bonds. The molecule has 0 unspecified atom stereocenters. The lowest BCUT2D eigenvalue weighted by atomic mass is 9.92. The minimum absolute atomic E-state index is 0.339. The van der Waals surface area contributed by atoms with E-state index in [-0.39, 0.29) is 0 Å². The van der Waals surface area contributed by atoms with Gasteiger partial charge in [-0.1, -0.05) is 0 Å². The molecule has 2 fully saturated rings. The van der Waals surface area contributed by atoms with Crippen LogP contribution in [0.5, 0.6) is 0 Å². The number of rotatable bonds is 3. The molecule has 3 heterocycles. The predicted octanol–water partition coefficient (Wildman–Crippen LogP) is 3.34. The summed E-state index contributed by atoms with van der Waals surface area (Å²) < 4.78 is 2.19. The van der Waals surface area contributed by atoms with Crippen LogP contribution in [-0.2, 0) is 0 Å². The normalized spacial score (nSPS) is 23.5. The van der Waals surface area contributed by atoms with Crippen LogP contribution < -0.4 is 0 Å². The van der Waals surface area contributed by atoms with Crippen molar-refractivity contribution < 1.29 is 0 Å². The second-order valence-corrected chi connectivity index (χ2v) is 8.57. The highest BCUT2D eigenvalue weighted by atomic mass is 15.3. The first-order valence-electron chi connectivity index (χ1n) is 9.41. The second kappa shape index (κ2) is 6.94. The fourth-order valence-corrected chi connectivity index (χ4v) is 4.15. The third-order valence-electron chi connectivity index (χ3n) is 5.75. The highest BCUT2D eigenvalue weighted by molar-refractivity contribution is 4.96. The van der Waals surface area contributed by atoms with Crippen molar-refractivity contribution in [3.63, 3.8) is 0 Å². The van der Waals surface area contributed by atoms with Crippen molar-refractivity contribution in [2.24, 2.45) is 5.92 Å². The Morgan fingerprint density at radius 3 is 2.22 bits per heavy atom. The van der Waals surface area contributed by atoms with E-state index >= 15 is 0 Å². The molecule has 2 aliphatic heterocycles. The number of nitrogens with zero attached hydrogens (tertiary/aromatic N) is 4. The van der Waals surface area contributed by atoms with Gasteiger partial charge in [-0.25, -0.2) is 0 Å². The summed E-state index contributed by atoms with van der Waals surface area (Å²) in [6, 6.07) is 2.73. The topological polar surface area (TPSA) is 24.3 Å². The molecule has 3 rings (SSSR count). The van der Waals surface area contributed by atoms with Crippen molar-refractivity contribution in [3.8, 4) is 0 Å². The van der Waals surface area contributed by atoms with Crippen molar-refractivity contribution in [1.82, 2.24) is 19.6 Å². The standard InChI is InChI=1S/C19H34N4/c1-16-5-14-23(20-16)18-8-10-21(11-9-18)15-17-6-12-22(13-7-17)19(2,3)4/h5,14,17-18H,6-13,15H2,1-4H3. The minimum Gasteiger partial charge on any atom is -0.303 e. The summed E-state index contributed by atoms with van der Waals surface area (Å²) in [7, 11) is 0. The second-order valence-electron chi connectivity index (χ2n) is 8.57. The highest BCUT2D eigenvalue weighted by Crippen LogP contribution is 2.27. The van der Waals surface area contributed by atoms with E-state index in [4.69, 9.17) is 0 Å². The maximum absolute atomic E-state index is 4.60. The summed E-state index contributed by atoms with van der Waals surface area (Å²) in [5.74, 6) is 0.900. The van der Waals surface area contributed by atoms with Gasteiger partial charge in [0.25, 0.3) is 0 Å². The Hall–Kier alpha value is -0.870. The van der Waals surface area contributed by atoms with Crippen LogP contribution in [0.15, 0.2) is 12.3 Å². The molecule has 0 aromatic carbocycles. The molecule has 0 atom stereocenters. The fourth-order valence-electron chi connectivity index (χ4n) is 4.15. The largest absolute Gasteiger partial charge is 0.303 e. The zero-order valence-electron chi connectivity index (χ0n) is 15.5. The van der Waals surface area contributed by atoms with E-state index in [0.717, 1.165) is 11.6 Å². The molecule has 23 heavy (non-hydrogen) atoms. The van der Waals surface area contributed by atoms with Crippen LogP contribution in [0.2, 0.25) is 0 Å². The molecule has 1 aromatic rings. The van der Waals surface area contributed by atoms with Crippen molar-refractivity contribution in [3.05, 3.63) is 18.0 Å². The average Bonchev–Trinajstić information content (AvgIpc) is 2.94. The van der Waals surface area contributed by atoms with E-state index in [0.29, 0.717) is 11.6 Å². The number of hydrogen-bond donors (Lipinski definition) is 0. The minimum atomic E-state index is 0.339. The van der Waals surface area contributed by atoms with Gasteiger partial charge in [-0.05, 0) is 78.5 Å². The van der Waals surface area contributed by atoms with Gasteiger partial charge in [0, 0.05) is 31.4 Å². The average molecular weight is 319 g/mol. The van der Waals surface area contributed by atoms with Crippen LogP contribution in [0, 0.1) is 12.8 Å². The van der Waals surface area contributed by atoms with E-state index in [1.165, 1.54) is 58.4 Å². The molecule has 0 saturated carbocycles. The lowest BCUT2D eigenvalue weighted by Gasteiger charge is -2.42. The van der Waals surface area contributed by atoms with Crippen LogP contribution in [0.1, 0.15) is 58.2 Å². The molecule has 0 spiro atoms. The third-order valence-corrected chi connectivity index (χ3v) is 5.75. The Kier molecular flexibility index (Phi) is 5.12. The zero-order chi connectivity index (χ0) is 16.4. The quantitative estimate of drug-likeness (QED) is 0.854. The lowest BCUT2D eigenvalue weighted by Crippen LogP contribution is -2.48. The third kappa shape index (κ3) is 4.36. The Bertz CT molecular complexity index is 486. The summed E-state index contributed by atoms with van der Waals surface area (Å²) >= 11 is 0. The predicted molar refractivity (Wildman–Crippen MR) is 95.7 cm³/mol. The van der Waals surface area contributed by atoms with Crippen LogP contribution in [0.25, 0.3) is 0 Å². The molecule has 130 valence electrons. The van der Waals surface area contributed by atoms with Crippen molar-refractivity contribution in [2.75, 3.05) is 32.7 Å². The van der Waals surface area contributed by atoms with Gasteiger partial charge in [-0.15, -0.1) is 0 Å².